The SMILES string of the molecule is COC(=O)N1CC[C@H]2CC[C@H]1[C@@H]1CCCC[C@@H]2N1C(=O)OC. The third kappa shape index (κ3) is 2.52. The molecule has 4 bridgehead atoms. The van der Waals surface area contributed by atoms with Gasteiger partial charge >= 0.3 is 12.2 Å². The van der Waals surface area contributed by atoms with Crippen LogP contribution in [0, 0.1) is 5.92 Å². The molecule has 0 spiro atoms. The first-order valence-corrected chi connectivity index (χ1v) is 8.38. The fourth-order valence-electron chi connectivity index (χ4n) is 4.73. The van der Waals surface area contributed by atoms with Gasteiger partial charge in [0.1, 0.15) is 0 Å². The van der Waals surface area contributed by atoms with Crippen LogP contribution in [0.4, 0.5) is 9.59 Å². The van der Waals surface area contributed by atoms with Crippen molar-refractivity contribution in [2.75, 3.05) is 20.8 Å². The van der Waals surface area contributed by atoms with E-state index in [9.17, 15) is 9.59 Å². The van der Waals surface area contributed by atoms with Crippen LogP contribution in [0.15, 0.2) is 0 Å². The van der Waals surface area contributed by atoms with Crippen LogP contribution in [0.25, 0.3) is 0 Å². The highest BCUT2D eigenvalue weighted by molar-refractivity contribution is 5.70. The monoisotopic (exact) mass is 310 g/mol. The average molecular weight is 310 g/mol. The number of carbonyl (C=O) groups excluding carboxylic acids is 2. The molecule has 124 valence electrons. The molecule has 0 aromatic heterocycles. The smallest absolute Gasteiger partial charge is 0.410 e. The number of ether oxygens (including phenoxy) is 2. The molecular formula is C16H26N2O4. The molecule has 22 heavy (non-hydrogen) atoms. The molecule has 0 aliphatic carbocycles. The Morgan fingerprint density at radius 3 is 2.18 bits per heavy atom. The Bertz CT molecular complexity index is 442. The molecule has 6 heteroatoms. The van der Waals surface area contributed by atoms with Crippen molar-refractivity contribution < 1.29 is 19.1 Å². The maximum absolute atomic E-state index is 12.4. The largest absolute Gasteiger partial charge is 0.453 e. The lowest BCUT2D eigenvalue weighted by molar-refractivity contribution is 0.0226. The normalized spacial score (nSPS) is 34.5. The maximum Gasteiger partial charge on any atom is 0.410 e. The van der Waals surface area contributed by atoms with Crippen molar-refractivity contribution >= 4 is 12.2 Å². The van der Waals surface area contributed by atoms with Gasteiger partial charge in [-0.3, -0.25) is 4.90 Å². The molecule has 3 aliphatic heterocycles. The molecule has 2 amide bonds. The highest BCUT2D eigenvalue weighted by Crippen LogP contribution is 2.41. The van der Waals surface area contributed by atoms with Crippen LogP contribution in [-0.4, -0.2) is 60.9 Å². The number of hydrogen-bond donors (Lipinski definition) is 0. The summed E-state index contributed by atoms with van der Waals surface area (Å²) in [6.45, 7) is 0.740. The molecule has 3 fully saturated rings. The molecule has 3 saturated heterocycles. The van der Waals surface area contributed by atoms with Gasteiger partial charge in [0.15, 0.2) is 0 Å². The van der Waals surface area contributed by atoms with Gasteiger partial charge in [0.05, 0.1) is 26.3 Å². The Morgan fingerprint density at radius 1 is 0.818 bits per heavy atom. The number of likely N-dealkylation sites (tertiary alicyclic amines) is 1. The van der Waals surface area contributed by atoms with Crippen LogP contribution in [0.1, 0.15) is 44.9 Å². The van der Waals surface area contributed by atoms with E-state index in [1.165, 1.54) is 14.2 Å². The zero-order valence-electron chi connectivity index (χ0n) is 13.5. The number of fused-ring (bicyclic) bond motifs is 7. The predicted octanol–water partition coefficient (Wildman–Crippen LogP) is 2.62. The van der Waals surface area contributed by atoms with Crippen LogP contribution < -0.4 is 0 Å². The first-order valence-electron chi connectivity index (χ1n) is 8.38. The summed E-state index contributed by atoms with van der Waals surface area (Å²) >= 11 is 0. The van der Waals surface area contributed by atoms with E-state index >= 15 is 0 Å². The number of rotatable bonds is 0. The van der Waals surface area contributed by atoms with Gasteiger partial charge in [0.25, 0.3) is 0 Å². The minimum Gasteiger partial charge on any atom is -0.453 e. The van der Waals surface area contributed by atoms with Crippen LogP contribution >= 0.6 is 0 Å². The molecule has 0 unspecified atom stereocenters. The number of methoxy groups -OCH3 is 2. The van der Waals surface area contributed by atoms with Gasteiger partial charge in [0, 0.05) is 12.6 Å². The first kappa shape index (κ1) is 15.4. The summed E-state index contributed by atoms with van der Waals surface area (Å²) in [6.07, 6.45) is 6.72. The van der Waals surface area contributed by atoms with Crippen LogP contribution in [-0.2, 0) is 9.47 Å². The van der Waals surface area contributed by atoms with Gasteiger partial charge in [-0.25, -0.2) is 9.59 Å². The topological polar surface area (TPSA) is 59.1 Å². The maximum atomic E-state index is 12.4. The summed E-state index contributed by atoms with van der Waals surface area (Å²) in [5.74, 6) is 0.458. The van der Waals surface area contributed by atoms with Crippen molar-refractivity contribution in [3.05, 3.63) is 0 Å². The third-order valence-corrected chi connectivity index (χ3v) is 5.72. The van der Waals surface area contributed by atoms with Crippen LogP contribution in [0.5, 0.6) is 0 Å². The molecule has 3 aliphatic rings. The van der Waals surface area contributed by atoms with Gasteiger partial charge in [-0.1, -0.05) is 12.8 Å². The highest BCUT2D eigenvalue weighted by Gasteiger charge is 2.48. The minimum atomic E-state index is -0.266. The lowest BCUT2D eigenvalue weighted by Crippen LogP contribution is -2.58. The zero-order chi connectivity index (χ0) is 15.7. The number of nitrogens with zero attached hydrogens (tertiary/aromatic N) is 2. The molecule has 0 aromatic carbocycles. The lowest BCUT2D eigenvalue weighted by atomic mass is 9.89. The standard InChI is InChI=1S/C16H26N2O4/c1-21-15(19)17-10-9-11-7-8-13(17)14-6-4-3-5-12(11)18(14)16(20)22-2/h11-14H,3-10H2,1-2H3/t11-,12+,13+,14+/m1/s1. The zero-order valence-corrected chi connectivity index (χ0v) is 13.5. The van der Waals surface area contributed by atoms with E-state index < -0.39 is 0 Å². The summed E-state index contributed by atoms with van der Waals surface area (Å²) in [5, 5.41) is 0. The Labute approximate surface area is 131 Å². The fourth-order valence-corrected chi connectivity index (χ4v) is 4.73. The Hall–Kier alpha value is -1.46. The second kappa shape index (κ2) is 6.34. The molecule has 4 atom stereocenters. The molecule has 0 N–H and O–H groups in total. The minimum absolute atomic E-state index is 0.0552. The Kier molecular flexibility index (Phi) is 4.45. The summed E-state index contributed by atoms with van der Waals surface area (Å²) in [4.78, 5) is 28.4. The van der Waals surface area contributed by atoms with Crippen LogP contribution in [0.2, 0.25) is 0 Å². The van der Waals surface area contributed by atoms with Gasteiger partial charge in [-0.15, -0.1) is 0 Å². The highest BCUT2D eigenvalue weighted by atomic mass is 16.5. The van der Waals surface area contributed by atoms with Gasteiger partial charge in [-0.05, 0) is 38.0 Å². The van der Waals surface area contributed by atoms with Gasteiger partial charge in [-0.2, -0.15) is 0 Å². The van der Waals surface area contributed by atoms with Crippen molar-refractivity contribution in [1.29, 1.82) is 0 Å². The average Bonchev–Trinajstić information content (AvgIpc) is 2.95. The summed E-state index contributed by atoms with van der Waals surface area (Å²) < 4.78 is 10.1. The van der Waals surface area contributed by atoms with E-state index in [1.54, 1.807) is 0 Å². The van der Waals surface area contributed by atoms with E-state index in [0.29, 0.717) is 5.92 Å². The molecule has 0 radical (unpaired) electrons. The molecular weight excluding hydrogens is 284 g/mol. The summed E-state index contributed by atoms with van der Waals surface area (Å²) in [7, 11) is 2.88. The van der Waals surface area contributed by atoms with Gasteiger partial charge in [0.2, 0.25) is 0 Å². The van der Waals surface area contributed by atoms with E-state index in [1.807, 2.05) is 9.80 Å². The quantitative estimate of drug-likeness (QED) is 0.690. The first-order chi connectivity index (χ1) is 10.7. The molecule has 6 nitrogen and oxygen atoms in total. The second-order valence-electron chi connectivity index (χ2n) is 6.65. The van der Waals surface area contributed by atoms with Crippen molar-refractivity contribution in [2.45, 2.75) is 63.1 Å². The van der Waals surface area contributed by atoms with Gasteiger partial charge < -0.3 is 14.4 Å². The molecule has 0 aromatic rings. The van der Waals surface area contributed by atoms with E-state index in [-0.39, 0.29) is 30.3 Å². The Morgan fingerprint density at radius 2 is 1.50 bits per heavy atom. The second-order valence-corrected chi connectivity index (χ2v) is 6.65. The molecule has 0 saturated carbocycles. The van der Waals surface area contributed by atoms with E-state index in [4.69, 9.17) is 9.47 Å². The molecule has 3 rings (SSSR count). The Balaban J connectivity index is 1.98. The van der Waals surface area contributed by atoms with Crippen molar-refractivity contribution in [1.82, 2.24) is 9.80 Å². The summed E-state index contributed by atoms with van der Waals surface area (Å²) in [5.41, 5.74) is 0. The number of carbonyl (C=O) groups is 2. The number of amides is 2. The van der Waals surface area contributed by atoms with Crippen molar-refractivity contribution in [3.8, 4) is 0 Å². The summed E-state index contributed by atoms with van der Waals surface area (Å²) in [6, 6.07) is 0.383. The van der Waals surface area contributed by atoms with E-state index in [2.05, 4.69) is 0 Å². The van der Waals surface area contributed by atoms with Crippen LogP contribution in [0.3, 0.4) is 0 Å². The van der Waals surface area contributed by atoms with Crippen molar-refractivity contribution in [3.63, 3.8) is 0 Å². The molecule has 3 heterocycles. The fraction of sp³-hybridized carbons (Fsp3) is 0.875. The third-order valence-electron chi connectivity index (χ3n) is 5.72. The number of hydrogen-bond acceptors (Lipinski definition) is 4. The predicted molar refractivity (Wildman–Crippen MR) is 80.5 cm³/mol. The van der Waals surface area contributed by atoms with E-state index in [0.717, 1.165) is 51.5 Å². The lowest BCUT2D eigenvalue weighted by Gasteiger charge is -2.44. The van der Waals surface area contributed by atoms with Crippen molar-refractivity contribution in [2.24, 2.45) is 5.92 Å².